The van der Waals surface area contributed by atoms with Gasteiger partial charge in [0.05, 0.1) is 5.41 Å². The third kappa shape index (κ3) is 1.73. The molecule has 0 N–H and O–H groups in total. The van der Waals surface area contributed by atoms with Crippen molar-refractivity contribution in [3.05, 3.63) is 59.7 Å². The molecule has 1 unspecified atom stereocenters. The third-order valence-electron chi connectivity index (χ3n) is 3.26. The molecule has 16 heavy (non-hydrogen) atoms. The van der Waals surface area contributed by atoms with Crippen molar-refractivity contribution in [1.82, 2.24) is 0 Å². The van der Waals surface area contributed by atoms with Crippen LogP contribution in [0.4, 0.5) is 0 Å². The zero-order chi connectivity index (χ0) is 11.6. The molecule has 0 saturated heterocycles. The van der Waals surface area contributed by atoms with Crippen LogP contribution in [-0.4, -0.2) is 5.78 Å². The Hall–Kier alpha value is -1.63. The van der Waals surface area contributed by atoms with Gasteiger partial charge in [-0.1, -0.05) is 54.1 Å². The monoisotopic (exact) mass is 212 g/mol. The molecule has 0 fully saturated rings. The first-order valence-electron chi connectivity index (χ1n) is 5.58. The van der Waals surface area contributed by atoms with Crippen molar-refractivity contribution in [2.24, 2.45) is 0 Å². The van der Waals surface area contributed by atoms with Crippen LogP contribution < -0.4 is 0 Å². The van der Waals surface area contributed by atoms with E-state index in [-0.39, 0.29) is 5.78 Å². The van der Waals surface area contributed by atoms with Gasteiger partial charge in [0.2, 0.25) is 0 Å². The highest BCUT2D eigenvalue weighted by atomic mass is 16.1. The van der Waals surface area contributed by atoms with E-state index in [2.05, 4.69) is 37.3 Å². The lowest BCUT2D eigenvalue weighted by atomic mass is 9.72. The maximum absolute atomic E-state index is 11.9. The largest absolute Gasteiger partial charge is 0.299 e. The number of carbonyl (C=O) groups is 1. The molecule has 2 rings (SSSR count). The minimum Gasteiger partial charge on any atom is -0.299 e. The molecule has 0 aliphatic heterocycles. The van der Waals surface area contributed by atoms with E-state index in [1.54, 1.807) is 6.92 Å². The summed E-state index contributed by atoms with van der Waals surface area (Å²) in [6.07, 6.45) is 8.79. The maximum atomic E-state index is 11.9. The van der Waals surface area contributed by atoms with E-state index in [9.17, 15) is 4.79 Å². The molecular weight excluding hydrogens is 196 g/mol. The van der Waals surface area contributed by atoms with Crippen molar-refractivity contribution in [3.63, 3.8) is 0 Å². The highest BCUT2D eigenvalue weighted by molar-refractivity contribution is 5.91. The summed E-state index contributed by atoms with van der Waals surface area (Å²) in [6.45, 7) is 3.73. The number of rotatable bonds is 2. The van der Waals surface area contributed by atoms with Crippen LogP contribution in [0.5, 0.6) is 0 Å². The highest BCUT2D eigenvalue weighted by Gasteiger charge is 2.34. The first-order chi connectivity index (χ1) is 7.65. The van der Waals surface area contributed by atoms with E-state index >= 15 is 0 Å². The second-order valence-corrected chi connectivity index (χ2v) is 4.38. The van der Waals surface area contributed by atoms with Gasteiger partial charge in [-0.25, -0.2) is 0 Å². The number of benzene rings is 1. The number of allylic oxidation sites excluding steroid dienone is 4. The van der Waals surface area contributed by atoms with Crippen LogP contribution in [0.1, 0.15) is 24.5 Å². The van der Waals surface area contributed by atoms with Crippen LogP contribution >= 0.6 is 0 Å². The van der Waals surface area contributed by atoms with Crippen molar-refractivity contribution in [3.8, 4) is 0 Å². The molecular formula is C15H16O. The summed E-state index contributed by atoms with van der Waals surface area (Å²) in [6, 6.07) is 8.23. The van der Waals surface area contributed by atoms with Gasteiger partial charge in [0.25, 0.3) is 0 Å². The van der Waals surface area contributed by atoms with Crippen molar-refractivity contribution in [1.29, 1.82) is 0 Å². The fourth-order valence-corrected chi connectivity index (χ4v) is 2.15. The van der Waals surface area contributed by atoms with Gasteiger partial charge in [0.15, 0.2) is 0 Å². The van der Waals surface area contributed by atoms with Crippen molar-refractivity contribution in [2.45, 2.75) is 25.7 Å². The molecule has 1 aliphatic carbocycles. The fourth-order valence-electron chi connectivity index (χ4n) is 2.15. The molecule has 1 nitrogen and oxygen atoms in total. The summed E-state index contributed by atoms with van der Waals surface area (Å²) in [5, 5.41) is 0. The second kappa shape index (κ2) is 4.09. The van der Waals surface area contributed by atoms with E-state index in [1.807, 2.05) is 18.2 Å². The van der Waals surface area contributed by atoms with E-state index in [0.717, 1.165) is 12.0 Å². The Morgan fingerprint density at radius 3 is 2.38 bits per heavy atom. The summed E-state index contributed by atoms with van der Waals surface area (Å²) in [4.78, 5) is 11.9. The molecule has 0 aromatic heterocycles. The Labute approximate surface area is 96.5 Å². The van der Waals surface area contributed by atoms with Gasteiger partial charge in [-0.3, -0.25) is 4.79 Å². The molecule has 1 heteroatoms. The number of carbonyl (C=O) groups excluding carboxylic acids is 1. The average molecular weight is 212 g/mol. The standard InChI is InChI=1S/C15H16O/c1-12-6-8-14(9-7-12)15(13(2)16)10-4-3-5-11-15/h3-10H,11H2,1-2H3. The summed E-state index contributed by atoms with van der Waals surface area (Å²) in [7, 11) is 0. The number of Topliss-reactive ketones (excluding diaryl/α,β-unsaturated/α-hetero) is 1. The number of aryl methyl sites for hydroxylation is 1. The second-order valence-electron chi connectivity index (χ2n) is 4.38. The molecule has 0 saturated carbocycles. The Bertz CT molecular complexity index is 451. The van der Waals surface area contributed by atoms with Crippen LogP contribution in [0, 0.1) is 6.92 Å². The van der Waals surface area contributed by atoms with E-state index < -0.39 is 5.41 Å². The Morgan fingerprint density at radius 2 is 1.88 bits per heavy atom. The predicted molar refractivity (Wildman–Crippen MR) is 66.4 cm³/mol. The lowest BCUT2D eigenvalue weighted by Gasteiger charge is -2.29. The van der Waals surface area contributed by atoms with Crippen molar-refractivity contribution in [2.75, 3.05) is 0 Å². The van der Waals surface area contributed by atoms with Gasteiger partial charge < -0.3 is 0 Å². The van der Waals surface area contributed by atoms with Crippen LogP contribution in [0.2, 0.25) is 0 Å². The number of hydrogen-bond donors (Lipinski definition) is 0. The van der Waals surface area contributed by atoms with Gasteiger partial charge in [0, 0.05) is 0 Å². The zero-order valence-corrected chi connectivity index (χ0v) is 9.73. The quantitative estimate of drug-likeness (QED) is 0.734. The number of ketones is 1. The van der Waals surface area contributed by atoms with E-state index in [0.29, 0.717) is 0 Å². The molecule has 0 heterocycles. The first kappa shape index (κ1) is 10.9. The maximum Gasteiger partial charge on any atom is 0.144 e. The molecule has 0 radical (unpaired) electrons. The topological polar surface area (TPSA) is 17.1 Å². The first-order valence-corrected chi connectivity index (χ1v) is 5.58. The smallest absolute Gasteiger partial charge is 0.144 e. The minimum atomic E-state index is -0.442. The van der Waals surface area contributed by atoms with Crippen LogP contribution in [0.3, 0.4) is 0 Å². The summed E-state index contributed by atoms with van der Waals surface area (Å²) >= 11 is 0. The van der Waals surface area contributed by atoms with Gasteiger partial charge in [-0.2, -0.15) is 0 Å². The molecule has 1 aliphatic rings. The van der Waals surface area contributed by atoms with Crippen LogP contribution in [-0.2, 0) is 10.2 Å². The summed E-state index contributed by atoms with van der Waals surface area (Å²) < 4.78 is 0. The minimum absolute atomic E-state index is 0.206. The van der Waals surface area contributed by atoms with Crippen LogP contribution in [0.15, 0.2) is 48.6 Å². The third-order valence-corrected chi connectivity index (χ3v) is 3.26. The van der Waals surface area contributed by atoms with Crippen molar-refractivity contribution < 1.29 is 4.79 Å². The normalized spacial score (nSPS) is 23.4. The lowest BCUT2D eigenvalue weighted by molar-refractivity contribution is -0.120. The van der Waals surface area contributed by atoms with Crippen LogP contribution in [0.25, 0.3) is 0 Å². The molecule has 82 valence electrons. The SMILES string of the molecule is CC(=O)C1(c2ccc(C)cc2)C=CC=CC1. The molecule has 1 aromatic rings. The average Bonchev–Trinajstić information content (AvgIpc) is 2.30. The van der Waals surface area contributed by atoms with Gasteiger partial charge in [-0.05, 0) is 25.8 Å². The van der Waals surface area contributed by atoms with Crippen molar-refractivity contribution >= 4 is 5.78 Å². The van der Waals surface area contributed by atoms with Gasteiger partial charge in [0.1, 0.15) is 5.78 Å². The molecule has 0 bridgehead atoms. The Morgan fingerprint density at radius 1 is 1.19 bits per heavy atom. The summed E-state index contributed by atoms with van der Waals surface area (Å²) in [5.74, 6) is 0.206. The Kier molecular flexibility index (Phi) is 2.78. The van der Waals surface area contributed by atoms with Gasteiger partial charge in [-0.15, -0.1) is 0 Å². The molecule has 0 spiro atoms. The molecule has 0 amide bonds. The van der Waals surface area contributed by atoms with E-state index in [4.69, 9.17) is 0 Å². The predicted octanol–water partition coefficient (Wildman–Crippen LogP) is 3.34. The summed E-state index contributed by atoms with van der Waals surface area (Å²) in [5.41, 5.74) is 1.87. The lowest BCUT2D eigenvalue weighted by Crippen LogP contribution is -2.32. The molecule has 1 atom stereocenters. The molecule has 1 aromatic carbocycles. The fraction of sp³-hybridized carbons (Fsp3) is 0.267. The highest BCUT2D eigenvalue weighted by Crippen LogP contribution is 2.33. The number of hydrogen-bond acceptors (Lipinski definition) is 1. The Balaban J connectivity index is 2.48. The van der Waals surface area contributed by atoms with Gasteiger partial charge >= 0.3 is 0 Å². The zero-order valence-electron chi connectivity index (χ0n) is 9.73. The van der Waals surface area contributed by atoms with E-state index in [1.165, 1.54) is 5.56 Å².